The van der Waals surface area contributed by atoms with Gasteiger partial charge in [0.25, 0.3) is 0 Å². The van der Waals surface area contributed by atoms with Crippen molar-refractivity contribution in [2.45, 2.75) is 35.4 Å². The number of nitrogens with zero attached hydrogens (tertiary/aromatic N) is 8. The number of aromatic amines is 1. The average molecular weight is 557 g/mol. The van der Waals surface area contributed by atoms with Crippen molar-refractivity contribution < 1.29 is 20.4 Å². The van der Waals surface area contributed by atoms with E-state index in [2.05, 4.69) is 60.7 Å². The number of nitrogens with one attached hydrogen (secondary N) is 1. The fourth-order valence-electron chi connectivity index (χ4n) is 1.95. The van der Waals surface area contributed by atoms with Crippen LogP contribution in [0.2, 0.25) is 0 Å². The van der Waals surface area contributed by atoms with E-state index >= 15 is 0 Å². The molecule has 0 unspecified atom stereocenters. The number of aromatic nitrogens is 6. The van der Waals surface area contributed by atoms with Crippen molar-refractivity contribution in [1.29, 1.82) is 0 Å². The molecule has 0 saturated carbocycles. The molecule has 0 amide bonds. The van der Waals surface area contributed by atoms with Gasteiger partial charge in [0, 0.05) is 31.5 Å². The first-order valence-electron chi connectivity index (χ1n) is 8.44. The Bertz CT molecular complexity index is 903. The molecule has 9 nitrogen and oxygen atoms in total. The molecule has 0 radical (unpaired) electrons. The standard InChI is InChI=1S/C9H9N3.C7H7N3.C2H3N3.C2H2.3CH4.CH3.Pd/c1-2-4-9(5-3-1)8-12-7-6-10-11-12;8-10-9-6-7-4-2-1-3-5-7;1-2-4-5-3-1;1-2;;;;;/h1-7H,8H2;1-5H,6H2;1-2H,(H,3,4,5);1-2H;3*1H4;1H3;/q;;;;;;;-1;. The van der Waals surface area contributed by atoms with E-state index in [9.17, 15) is 0 Å². The molecule has 2 heterocycles. The van der Waals surface area contributed by atoms with Crippen LogP contribution >= 0.6 is 0 Å². The summed E-state index contributed by atoms with van der Waals surface area (Å²) in [5.74, 6) is 0. The quantitative estimate of drug-likeness (QED) is 0.0799. The molecule has 0 bridgehead atoms. The minimum absolute atomic E-state index is 0. The molecule has 0 spiro atoms. The number of rotatable bonds is 4. The first-order chi connectivity index (χ1) is 14.4. The van der Waals surface area contributed by atoms with Crippen LogP contribution in [0.5, 0.6) is 0 Å². The predicted octanol–water partition coefficient (Wildman–Crippen LogP) is 6.23. The molecule has 2 aromatic carbocycles. The van der Waals surface area contributed by atoms with Crippen LogP contribution in [-0.2, 0) is 33.5 Å². The number of benzene rings is 2. The first kappa shape index (κ1) is 40.6. The van der Waals surface area contributed by atoms with Crippen molar-refractivity contribution in [2.75, 3.05) is 0 Å². The van der Waals surface area contributed by atoms with Crippen molar-refractivity contribution in [3.8, 4) is 12.8 Å². The van der Waals surface area contributed by atoms with Crippen molar-refractivity contribution in [3.05, 3.63) is 114 Å². The minimum atomic E-state index is 0. The normalized spacial score (nSPS) is 7.24. The summed E-state index contributed by atoms with van der Waals surface area (Å²) >= 11 is 0. The van der Waals surface area contributed by atoms with E-state index in [0.717, 1.165) is 12.1 Å². The van der Waals surface area contributed by atoms with E-state index in [1.807, 2.05) is 54.7 Å². The molecule has 4 rings (SSSR count). The summed E-state index contributed by atoms with van der Waals surface area (Å²) in [7, 11) is 0. The van der Waals surface area contributed by atoms with E-state index in [4.69, 9.17) is 5.53 Å². The van der Waals surface area contributed by atoms with Gasteiger partial charge < -0.3 is 7.43 Å². The third-order valence-electron chi connectivity index (χ3n) is 3.15. The smallest absolute Gasteiger partial charge is 0.0693 e. The maximum absolute atomic E-state index is 7.99. The zero-order chi connectivity index (χ0) is 21.0. The van der Waals surface area contributed by atoms with Crippen LogP contribution in [0.15, 0.2) is 90.6 Å². The number of hydrogen-bond acceptors (Lipinski definition) is 5. The molecule has 34 heavy (non-hydrogen) atoms. The van der Waals surface area contributed by atoms with Crippen LogP contribution < -0.4 is 0 Å². The summed E-state index contributed by atoms with van der Waals surface area (Å²) in [6.07, 6.45) is 14.7. The van der Waals surface area contributed by atoms with E-state index in [-0.39, 0.29) is 50.1 Å². The van der Waals surface area contributed by atoms with Gasteiger partial charge in [0.05, 0.1) is 31.7 Å². The van der Waals surface area contributed by atoms with Gasteiger partial charge in [0.15, 0.2) is 0 Å². The van der Waals surface area contributed by atoms with Gasteiger partial charge in [-0.3, -0.25) is 0 Å². The van der Waals surface area contributed by atoms with E-state index in [1.54, 1.807) is 23.3 Å². The fourth-order valence-corrected chi connectivity index (χ4v) is 1.95. The van der Waals surface area contributed by atoms with Gasteiger partial charge in [-0.1, -0.05) is 93.3 Å². The van der Waals surface area contributed by atoms with Crippen LogP contribution in [0.25, 0.3) is 10.4 Å². The Morgan fingerprint density at radius 1 is 0.853 bits per heavy atom. The molecule has 2 aromatic heterocycles. The van der Waals surface area contributed by atoms with Crippen molar-refractivity contribution >= 4 is 0 Å². The Kier molecular flexibility index (Phi) is 34.9. The van der Waals surface area contributed by atoms with Crippen LogP contribution in [0.4, 0.5) is 0 Å². The maximum Gasteiger partial charge on any atom is 0.0693 e. The molecule has 0 atom stereocenters. The van der Waals surface area contributed by atoms with Crippen LogP contribution in [-0.4, -0.2) is 30.4 Å². The van der Waals surface area contributed by atoms with E-state index < -0.39 is 0 Å². The Balaban J connectivity index is -0.000000117. The summed E-state index contributed by atoms with van der Waals surface area (Å²) in [6, 6.07) is 19.8. The van der Waals surface area contributed by atoms with E-state index in [0.29, 0.717) is 6.54 Å². The van der Waals surface area contributed by atoms with Crippen molar-refractivity contribution in [2.24, 2.45) is 5.11 Å². The molecular formula is C24H36N9Pd-. The number of H-pyrrole nitrogens is 1. The second-order valence-corrected chi connectivity index (χ2v) is 5.12. The summed E-state index contributed by atoms with van der Waals surface area (Å²) in [5, 5.41) is 20.4. The van der Waals surface area contributed by atoms with Gasteiger partial charge >= 0.3 is 0 Å². The topological polar surface area (TPSA) is 121 Å². The van der Waals surface area contributed by atoms with Gasteiger partial charge in [0.1, 0.15) is 0 Å². The summed E-state index contributed by atoms with van der Waals surface area (Å²) in [5.41, 5.74) is 10.3. The summed E-state index contributed by atoms with van der Waals surface area (Å²) in [6.45, 7) is 1.23. The Morgan fingerprint density at radius 3 is 1.74 bits per heavy atom. The van der Waals surface area contributed by atoms with Crippen molar-refractivity contribution in [1.82, 2.24) is 30.4 Å². The molecule has 188 valence electrons. The minimum Gasteiger partial charge on any atom is -0.358 e. The molecular weight excluding hydrogens is 521 g/mol. The van der Waals surface area contributed by atoms with Crippen LogP contribution in [0.3, 0.4) is 0 Å². The maximum atomic E-state index is 7.99. The SMILES string of the molecule is C.C.C.C#C.[CH3-].[N-]=[N+]=NCc1ccccc1.[Pd].c1ccc(Cn2ccnn2)cc1.c1cn[nH]n1. The van der Waals surface area contributed by atoms with Crippen LogP contribution in [0, 0.1) is 20.3 Å². The Labute approximate surface area is 218 Å². The Hall–Kier alpha value is -3.75. The molecule has 1 N–H and O–H groups in total. The first-order valence-corrected chi connectivity index (χ1v) is 8.44. The second kappa shape index (κ2) is 29.3. The van der Waals surface area contributed by atoms with Gasteiger partial charge in [-0.05, 0) is 16.7 Å². The zero-order valence-electron chi connectivity index (χ0n) is 17.0. The van der Waals surface area contributed by atoms with Gasteiger partial charge in [-0.25, -0.2) is 4.68 Å². The van der Waals surface area contributed by atoms with Crippen LogP contribution in [0.1, 0.15) is 33.4 Å². The average Bonchev–Trinajstić information content (AvgIpc) is 3.53. The molecule has 10 heteroatoms. The zero-order valence-corrected chi connectivity index (χ0v) is 18.6. The van der Waals surface area contributed by atoms with Gasteiger partial charge in [-0.2, -0.15) is 15.4 Å². The third kappa shape index (κ3) is 20.2. The molecule has 0 aliphatic heterocycles. The molecule has 0 saturated heterocycles. The van der Waals surface area contributed by atoms with Crippen molar-refractivity contribution in [3.63, 3.8) is 0 Å². The summed E-state index contributed by atoms with van der Waals surface area (Å²) < 4.78 is 1.80. The molecule has 0 aliphatic carbocycles. The van der Waals surface area contributed by atoms with Gasteiger partial charge in [0.2, 0.25) is 0 Å². The Morgan fingerprint density at radius 2 is 1.35 bits per heavy atom. The number of terminal acetylenes is 1. The van der Waals surface area contributed by atoms with Gasteiger partial charge in [-0.15, -0.1) is 17.9 Å². The number of hydrogen-bond donors (Lipinski definition) is 1. The fraction of sp³-hybridized carbons (Fsp3) is 0.208. The molecule has 0 fully saturated rings. The second-order valence-electron chi connectivity index (χ2n) is 5.12. The largest absolute Gasteiger partial charge is 0.358 e. The monoisotopic (exact) mass is 556 g/mol. The summed E-state index contributed by atoms with van der Waals surface area (Å²) in [4.78, 5) is 2.66. The predicted molar refractivity (Wildman–Crippen MR) is 138 cm³/mol. The molecule has 4 aromatic rings. The van der Waals surface area contributed by atoms with E-state index in [1.165, 1.54) is 5.56 Å². The molecule has 0 aliphatic rings. The number of azide groups is 1. The third-order valence-corrected chi connectivity index (χ3v) is 3.15.